The summed E-state index contributed by atoms with van der Waals surface area (Å²) in [6.07, 6.45) is -0.691. The molecular weight excluding hydrogens is 226 g/mol. The molecule has 0 aliphatic rings. The van der Waals surface area contributed by atoms with Crippen molar-refractivity contribution in [3.8, 4) is 11.8 Å². The molecule has 3 nitrogen and oxygen atoms in total. The van der Waals surface area contributed by atoms with E-state index in [2.05, 4.69) is 0 Å². The van der Waals surface area contributed by atoms with Gasteiger partial charge in [0.05, 0.1) is 18.7 Å². The van der Waals surface area contributed by atoms with E-state index >= 15 is 0 Å². The zero-order valence-electron chi connectivity index (χ0n) is 10.00. The first-order chi connectivity index (χ1) is 8.74. The highest BCUT2D eigenvalue weighted by Gasteiger charge is 2.10. The minimum Gasteiger partial charge on any atom is -0.497 e. The number of benzene rings is 2. The lowest BCUT2D eigenvalue weighted by atomic mass is 10.0. The van der Waals surface area contributed by atoms with Crippen molar-refractivity contribution < 1.29 is 9.84 Å². The van der Waals surface area contributed by atoms with Gasteiger partial charge in [-0.1, -0.05) is 24.3 Å². The maximum atomic E-state index is 10.2. The van der Waals surface area contributed by atoms with Gasteiger partial charge < -0.3 is 9.84 Å². The van der Waals surface area contributed by atoms with Crippen molar-refractivity contribution in [2.24, 2.45) is 0 Å². The van der Waals surface area contributed by atoms with Crippen LogP contribution in [-0.4, -0.2) is 12.2 Å². The highest BCUT2D eigenvalue weighted by Crippen LogP contribution is 2.24. The van der Waals surface area contributed by atoms with Crippen LogP contribution in [0.25, 0.3) is 0 Å². The summed E-state index contributed by atoms with van der Waals surface area (Å²) >= 11 is 0. The van der Waals surface area contributed by atoms with E-state index in [1.807, 2.05) is 30.3 Å². The van der Waals surface area contributed by atoms with Crippen molar-refractivity contribution in [2.75, 3.05) is 7.11 Å². The largest absolute Gasteiger partial charge is 0.497 e. The Labute approximate surface area is 106 Å². The van der Waals surface area contributed by atoms with Gasteiger partial charge in [0.1, 0.15) is 11.9 Å². The lowest BCUT2D eigenvalue weighted by Crippen LogP contribution is -1.99. The third-order valence-electron chi connectivity index (χ3n) is 2.79. The van der Waals surface area contributed by atoms with Crippen molar-refractivity contribution >= 4 is 0 Å². The van der Waals surface area contributed by atoms with E-state index in [4.69, 9.17) is 10.00 Å². The quantitative estimate of drug-likeness (QED) is 0.895. The van der Waals surface area contributed by atoms with Crippen LogP contribution in [0.1, 0.15) is 22.8 Å². The van der Waals surface area contributed by atoms with E-state index in [1.165, 1.54) is 0 Å². The number of hydrogen-bond donors (Lipinski definition) is 1. The molecule has 0 heterocycles. The zero-order chi connectivity index (χ0) is 13.0. The van der Waals surface area contributed by atoms with Crippen LogP contribution in [0.15, 0.2) is 48.5 Å². The average molecular weight is 239 g/mol. The predicted molar refractivity (Wildman–Crippen MR) is 68.2 cm³/mol. The number of nitriles is 1. The second-order valence-electron chi connectivity index (χ2n) is 3.91. The molecule has 2 aromatic rings. The fourth-order valence-electron chi connectivity index (χ4n) is 1.72. The van der Waals surface area contributed by atoms with Crippen LogP contribution >= 0.6 is 0 Å². The molecule has 0 saturated carbocycles. The van der Waals surface area contributed by atoms with Crippen LogP contribution in [-0.2, 0) is 0 Å². The Balaban J connectivity index is 2.23. The van der Waals surface area contributed by atoms with Crippen LogP contribution in [0.5, 0.6) is 5.75 Å². The molecule has 0 saturated heterocycles. The molecule has 1 atom stereocenters. The molecule has 0 aromatic heterocycles. The van der Waals surface area contributed by atoms with Gasteiger partial charge >= 0.3 is 0 Å². The molecule has 2 rings (SSSR count). The Morgan fingerprint density at radius 2 is 1.50 bits per heavy atom. The van der Waals surface area contributed by atoms with Gasteiger partial charge in [-0.3, -0.25) is 0 Å². The van der Waals surface area contributed by atoms with Crippen LogP contribution in [0.3, 0.4) is 0 Å². The monoisotopic (exact) mass is 239 g/mol. The second kappa shape index (κ2) is 5.35. The molecule has 90 valence electrons. The number of aliphatic hydroxyl groups is 1. The molecule has 2 aromatic carbocycles. The average Bonchev–Trinajstić information content (AvgIpc) is 2.47. The number of methoxy groups -OCH3 is 1. The summed E-state index contributed by atoms with van der Waals surface area (Å²) < 4.78 is 5.07. The smallest absolute Gasteiger partial charge is 0.118 e. The van der Waals surface area contributed by atoms with Crippen molar-refractivity contribution in [1.29, 1.82) is 5.26 Å². The molecule has 0 aliphatic carbocycles. The van der Waals surface area contributed by atoms with E-state index < -0.39 is 6.10 Å². The number of aliphatic hydroxyl groups excluding tert-OH is 1. The fraction of sp³-hybridized carbons (Fsp3) is 0.133. The molecule has 0 spiro atoms. The van der Waals surface area contributed by atoms with Crippen molar-refractivity contribution in [3.05, 3.63) is 65.2 Å². The van der Waals surface area contributed by atoms with Gasteiger partial charge in [-0.15, -0.1) is 0 Å². The maximum absolute atomic E-state index is 10.2. The number of rotatable bonds is 3. The van der Waals surface area contributed by atoms with E-state index in [-0.39, 0.29) is 0 Å². The van der Waals surface area contributed by atoms with E-state index in [1.54, 1.807) is 31.4 Å². The van der Waals surface area contributed by atoms with Crippen molar-refractivity contribution in [3.63, 3.8) is 0 Å². The molecular formula is C15H13NO2. The second-order valence-corrected chi connectivity index (χ2v) is 3.91. The third kappa shape index (κ3) is 2.50. The summed E-state index contributed by atoms with van der Waals surface area (Å²) in [7, 11) is 1.60. The summed E-state index contributed by atoms with van der Waals surface area (Å²) in [5, 5.41) is 18.9. The molecule has 0 bridgehead atoms. The minimum absolute atomic E-state index is 0.584. The standard InChI is InChI=1S/C15H13NO2/c1-18-14-8-6-13(7-9-14)15(17)12-4-2-11(10-16)3-5-12/h2-9,15,17H,1H3/t15-/m1/s1. The number of nitrogens with zero attached hydrogens (tertiary/aromatic N) is 1. The van der Waals surface area contributed by atoms with Gasteiger partial charge in [-0.05, 0) is 35.4 Å². The zero-order valence-corrected chi connectivity index (χ0v) is 10.00. The first kappa shape index (κ1) is 12.2. The summed E-state index contributed by atoms with van der Waals surface area (Å²) in [4.78, 5) is 0. The van der Waals surface area contributed by atoms with Gasteiger partial charge in [-0.25, -0.2) is 0 Å². The maximum Gasteiger partial charge on any atom is 0.118 e. The summed E-state index contributed by atoms with van der Waals surface area (Å²) in [6, 6.07) is 16.2. The Morgan fingerprint density at radius 1 is 1.00 bits per heavy atom. The molecule has 3 heteroatoms. The molecule has 0 aliphatic heterocycles. The highest BCUT2D eigenvalue weighted by atomic mass is 16.5. The molecule has 1 N–H and O–H groups in total. The van der Waals surface area contributed by atoms with E-state index in [0.29, 0.717) is 5.56 Å². The first-order valence-electron chi connectivity index (χ1n) is 5.56. The van der Waals surface area contributed by atoms with Crippen molar-refractivity contribution in [2.45, 2.75) is 6.10 Å². The Morgan fingerprint density at radius 3 is 1.94 bits per heavy atom. The Hall–Kier alpha value is -2.31. The SMILES string of the molecule is COc1ccc([C@H](O)c2ccc(C#N)cc2)cc1. The summed E-state index contributed by atoms with van der Waals surface area (Å²) in [6.45, 7) is 0. The fourth-order valence-corrected chi connectivity index (χ4v) is 1.72. The lowest BCUT2D eigenvalue weighted by Gasteiger charge is -2.12. The van der Waals surface area contributed by atoms with Gasteiger partial charge in [-0.2, -0.15) is 5.26 Å². The molecule has 0 amide bonds. The number of ether oxygens (including phenoxy) is 1. The Bertz CT molecular complexity index is 553. The van der Waals surface area contributed by atoms with Crippen LogP contribution in [0, 0.1) is 11.3 Å². The lowest BCUT2D eigenvalue weighted by molar-refractivity contribution is 0.220. The highest BCUT2D eigenvalue weighted by molar-refractivity contribution is 5.37. The van der Waals surface area contributed by atoms with Crippen LogP contribution < -0.4 is 4.74 Å². The normalized spacial score (nSPS) is 11.6. The molecule has 0 unspecified atom stereocenters. The topological polar surface area (TPSA) is 53.2 Å². The molecule has 18 heavy (non-hydrogen) atoms. The van der Waals surface area contributed by atoms with E-state index in [0.717, 1.165) is 16.9 Å². The van der Waals surface area contributed by atoms with E-state index in [9.17, 15) is 5.11 Å². The molecule has 0 fully saturated rings. The Kier molecular flexibility index (Phi) is 3.61. The van der Waals surface area contributed by atoms with Crippen LogP contribution in [0.2, 0.25) is 0 Å². The van der Waals surface area contributed by atoms with Gasteiger partial charge in [0.25, 0.3) is 0 Å². The summed E-state index contributed by atoms with van der Waals surface area (Å²) in [5.41, 5.74) is 2.14. The van der Waals surface area contributed by atoms with Crippen molar-refractivity contribution in [1.82, 2.24) is 0 Å². The first-order valence-corrected chi connectivity index (χ1v) is 5.56. The minimum atomic E-state index is -0.691. The van der Waals surface area contributed by atoms with Gasteiger partial charge in [0, 0.05) is 0 Å². The number of hydrogen-bond acceptors (Lipinski definition) is 3. The predicted octanol–water partition coefficient (Wildman–Crippen LogP) is 2.65. The van der Waals surface area contributed by atoms with Crippen LogP contribution in [0.4, 0.5) is 0 Å². The summed E-state index contributed by atoms with van der Waals surface area (Å²) in [5.74, 6) is 0.755. The third-order valence-corrected chi connectivity index (χ3v) is 2.79. The van der Waals surface area contributed by atoms with Gasteiger partial charge in [0.15, 0.2) is 0 Å². The molecule has 0 radical (unpaired) electrons. The van der Waals surface area contributed by atoms with Gasteiger partial charge in [0.2, 0.25) is 0 Å².